The van der Waals surface area contributed by atoms with E-state index < -0.39 is 0 Å². The van der Waals surface area contributed by atoms with E-state index in [-0.39, 0.29) is 23.9 Å². The Labute approximate surface area is 93.0 Å². The molecule has 0 saturated heterocycles. The van der Waals surface area contributed by atoms with Crippen LogP contribution in [0.1, 0.15) is 46.0 Å². The first-order valence-corrected chi connectivity index (χ1v) is 6.10. The van der Waals surface area contributed by atoms with E-state index in [1.165, 1.54) is 12.8 Å². The lowest BCUT2D eigenvalue weighted by Gasteiger charge is -2.37. The van der Waals surface area contributed by atoms with Crippen LogP contribution < -0.4 is 5.73 Å². The van der Waals surface area contributed by atoms with Gasteiger partial charge in [0.1, 0.15) is 0 Å². The third kappa shape index (κ3) is 2.94. The smallest absolute Gasteiger partial charge is 0.225 e. The summed E-state index contributed by atoms with van der Waals surface area (Å²) in [6.45, 7) is 4.05. The molecule has 1 rings (SSSR count). The molecule has 0 bridgehead atoms. The van der Waals surface area contributed by atoms with Gasteiger partial charge in [-0.25, -0.2) is 0 Å². The number of carbonyl (C=O) groups is 1. The van der Waals surface area contributed by atoms with Gasteiger partial charge >= 0.3 is 0 Å². The number of amides is 1. The average molecular weight is 212 g/mol. The first-order valence-electron chi connectivity index (χ1n) is 6.10. The molecule has 1 saturated carbocycles. The van der Waals surface area contributed by atoms with E-state index in [0.29, 0.717) is 0 Å². The van der Waals surface area contributed by atoms with Crippen molar-refractivity contribution in [3.8, 4) is 0 Å². The Hall–Kier alpha value is -0.570. The van der Waals surface area contributed by atoms with Crippen molar-refractivity contribution in [3.63, 3.8) is 0 Å². The molecule has 0 aromatic rings. The van der Waals surface area contributed by atoms with Crippen LogP contribution in [-0.2, 0) is 4.79 Å². The molecular weight excluding hydrogens is 188 g/mol. The van der Waals surface area contributed by atoms with Crippen LogP contribution in [0.4, 0.5) is 0 Å². The first kappa shape index (κ1) is 12.5. The molecule has 1 fully saturated rings. The molecule has 2 N–H and O–H groups in total. The summed E-state index contributed by atoms with van der Waals surface area (Å²) in [6.07, 6.45) is 5.45. The van der Waals surface area contributed by atoms with Crippen molar-refractivity contribution in [2.75, 3.05) is 7.05 Å². The van der Waals surface area contributed by atoms with Gasteiger partial charge in [0.05, 0.1) is 0 Å². The standard InChI is InChI=1S/C12H24N2O/c1-4-9(2)12(15)14(3)11-8-6-5-7-10(11)13/h9-11H,4-8,13H2,1-3H3. The zero-order valence-electron chi connectivity index (χ0n) is 10.2. The molecule has 15 heavy (non-hydrogen) atoms. The van der Waals surface area contributed by atoms with E-state index in [9.17, 15) is 4.79 Å². The number of nitrogens with two attached hydrogens (primary N) is 1. The third-order valence-corrected chi connectivity index (χ3v) is 3.66. The average Bonchev–Trinajstić information content (AvgIpc) is 2.26. The summed E-state index contributed by atoms with van der Waals surface area (Å²) in [7, 11) is 1.91. The van der Waals surface area contributed by atoms with Crippen molar-refractivity contribution < 1.29 is 4.79 Å². The number of rotatable bonds is 3. The van der Waals surface area contributed by atoms with Crippen LogP contribution >= 0.6 is 0 Å². The Kier molecular flexibility index (Phi) is 4.58. The van der Waals surface area contributed by atoms with Crippen molar-refractivity contribution in [2.24, 2.45) is 11.7 Å². The summed E-state index contributed by atoms with van der Waals surface area (Å²) in [5.41, 5.74) is 6.07. The quantitative estimate of drug-likeness (QED) is 0.775. The molecule has 0 radical (unpaired) electrons. The van der Waals surface area contributed by atoms with E-state index in [1.54, 1.807) is 0 Å². The fourth-order valence-electron chi connectivity index (χ4n) is 2.31. The number of nitrogens with zero attached hydrogens (tertiary/aromatic N) is 1. The van der Waals surface area contributed by atoms with Crippen molar-refractivity contribution in [1.29, 1.82) is 0 Å². The van der Waals surface area contributed by atoms with Gasteiger partial charge in [0.2, 0.25) is 5.91 Å². The SMILES string of the molecule is CCC(C)C(=O)N(C)C1CCCCC1N. The Morgan fingerprint density at radius 1 is 1.47 bits per heavy atom. The predicted octanol–water partition coefficient (Wildman–Crippen LogP) is 1.76. The van der Waals surface area contributed by atoms with Crippen LogP contribution in [0.25, 0.3) is 0 Å². The van der Waals surface area contributed by atoms with Gasteiger partial charge in [0.15, 0.2) is 0 Å². The number of hydrogen-bond donors (Lipinski definition) is 1. The molecular formula is C12H24N2O. The van der Waals surface area contributed by atoms with E-state index in [4.69, 9.17) is 5.73 Å². The lowest BCUT2D eigenvalue weighted by molar-refractivity contribution is -0.136. The molecule has 0 aliphatic heterocycles. The second-order valence-electron chi connectivity index (χ2n) is 4.77. The summed E-state index contributed by atoms with van der Waals surface area (Å²) in [6, 6.07) is 0.442. The third-order valence-electron chi connectivity index (χ3n) is 3.66. The Morgan fingerprint density at radius 3 is 2.60 bits per heavy atom. The highest BCUT2D eigenvalue weighted by molar-refractivity contribution is 5.78. The summed E-state index contributed by atoms with van der Waals surface area (Å²) in [4.78, 5) is 13.9. The normalized spacial score (nSPS) is 28.5. The molecule has 88 valence electrons. The van der Waals surface area contributed by atoms with Gasteiger partial charge in [-0.1, -0.05) is 26.7 Å². The second-order valence-corrected chi connectivity index (χ2v) is 4.77. The van der Waals surface area contributed by atoms with Gasteiger partial charge < -0.3 is 10.6 Å². The highest BCUT2D eigenvalue weighted by Gasteiger charge is 2.29. The van der Waals surface area contributed by atoms with Crippen molar-refractivity contribution in [2.45, 2.75) is 58.0 Å². The molecule has 3 nitrogen and oxygen atoms in total. The summed E-state index contributed by atoms with van der Waals surface area (Å²) in [5.74, 6) is 0.379. The second kappa shape index (κ2) is 5.50. The van der Waals surface area contributed by atoms with Gasteiger partial charge in [-0.2, -0.15) is 0 Å². The lowest BCUT2D eigenvalue weighted by atomic mass is 9.89. The minimum absolute atomic E-state index is 0.129. The van der Waals surface area contributed by atoms with Gasteiger partial charge in [0.25, 0.3) is 0 Å². The first-order chi connectivity index (χ1) is 7.07. The van der Waals surface area contributed by atoms with Crippen molar-refractivity contribution in [3.05, 3.63) is 0 Å². The molecule has 1 amide bonds. The number of carbonyl (C=O) groups excluding carboxylic acids is 1. The topological polar surface area (TPSA) is 46.3 Å². The van der Waals surface area contributed by atoms with Crippen molar-refractivity contribution in [1.82, 2.24) is 4.90 Å². The fourth-order valence-corrected chi connectivity index (χ4v) is 2.31. The highest BCUT2D eigenvalue weighted by Crippen LogP contribution is 2.22. The van der Waals surface area contributed by atoms with Gasteiger partial charge in [0, 0.05) is 25.0 Å². The van der Waals surface area contributed by atoms with Crippen LogP contribution in [0.3, 0.4) is 0 Å². The largest absolute Gasteiger partial charge is 0.341 e. The molecule has 0 aromatic heterocycles. The summed E-state index contributed by atoms with van der Waals surface area (Å²) in [5, 5.41) is 0. The maximum atomic E-state index is 12.0. The zero-order valence-corrected chi connectivity index (χ0v) is 10.2. The van der Waals surface area contributed by atoms with Crippen molar-refractivity contribution >= 4 is 5.91 Å². The highest BCUT2D eigenvalue weighted by atomic mass is 16.2. The van der Waals surface area contributed by atoms with Crippen LogP contribution in [0.5, 0.6) is 0 Å². The molecule has 3 heteroatoms. The molecule has 0 heterocycles. The lowest BCUT2D eigenvalue weighted by Crippen LogP contribution is -2.51. The Balaban J connectivity index is 2.57. The predicted molar refractivity (Wildman–Crippen MR) is 62.5 cm³/mol. The minimum atomic E-state index is 0.129. The number of likely N-dealkylation sites (N-methyl/N-ethyl adjacent to an activating group) is 1. The van der Waals surface area contributed by atoms with E-state index >= 15 is 0 Å². The molecule has 1 aliphatic carbocycles. The molecule has 3 unspecified atom stereocenters. The van der Waals surface area contributed by atoms with E-state index in [1.807, 2.05) is 18.9 Å². The summed E-state index contributed by atoms with van der Waals surface area (Å²) >= 11 is 0. The van der Waals surface area contributed by atoms with Crippen LogP contribution in [0.2, 0.25) is 0 Å². The van der Waals surface area contributed by atoms with Gasteiger partial charge in [-0.3, -0.25) is 4.79 Å². The molecule has 1 aliphatic rings. The van der Waals surface area contributed by atoms with Crippen LogP contribution in [-0.4, -0.2) is 29.9 Å². The molecule has 0 spiro atoms. The summed E-state index contributed by atoms with van der Waals surface area (Å²) < 4.78 is 0. The van der Waals surface area contributed by atoms with E-state index in [2.05, 4.69) is 6.92 Å². The Bertz CT molecular complexity index is 218. The zero-order chi connectivity index (χ0) is 11.4. The fraction of sp³-hybridized carbons (Fsp3) is 0.917. The van der Waals surface area contributed by atoms with Crippen LogP contribution in [0.15, 0.2) is 0 Å². The van der Waals surface area contributed by atoms with Gasteiger partial charge in [-0.15, -0.1) is 0 Å². The van der Waals surface area contributed by atoms with Gasteiger partial charge in [-0.05, 0) is 19.3 Å². The maximum Gasteiger partial charge on any atom is 0.225 e. The van der Waals surface area contributed by atoms with E-state index in [0.717, 1.165) is 19.3 Å². The molecule has 3 atom stereocenters. The Morgan fingerprint density at radius 2 is 2.07 bits per heavy atom. The monoisotopic (exact) mass is 212 g/mol. The minimum Gasteiger partial charge on any atom is -0.341 e. The molecule has 0 aromatic carbocycles. The maximum absolute atomic E-state index is 12.0. The van der Waals surface area contributed by atoms with Crippen LogP contribution in [0, 0.1) is 5.92 Å². The number of hydrogen-bond acceptors (Lipinski definition) is 2.